The summed E-state index contributed by atoms with van der Waals surface area (Å²) in [5.41, 5.74) is 0.604. The zero-order valence-electron chi connectivity index (χ0n) is 13.3. The van der Waals surface area contributed by atoms with E-state index in [2.05, 4.69) is 26.1 Å². The van der Waals surface area contributed by atoms with Crippen molar-refractivity contribution in [3.8, 4) is 0 Å². The Hall–Kier alpha value is -0.960. The van der Waals surface area contributed by atoms with E-state index >= 15 is 0 Å². The highest BCUT2D eigenvalue weighted by Crippen LogP contribution is 2.62. The monoisotopic (exact) mass is 293 g/mol. The molecule has 2 fully saturated rings. The third-order valence-electron chi connectivity index (χ3n) is 6.12. The molecule has 4 unspecified atom stereocenters. The van der Waals surface area contributed by atoms with E-state index < -0.39 is 11.6 Å². The third-order valence-corrected chi connectivity index (χ3v) is 6.12. The Kier molecular flexibility index (Phi) is 3.40. The van der Waals surface area contributed by atoms with Gasteiger partial charge < -0.3 is 5.32 Å². The van der Waals surface area contributed by atoms with Crippen LogP contribution in [0.3, 0.4) is 0 Å². The molecule has 4 atom stereocenters. The standard InChI is InChI=1S/C18H25F2N/c1-11(15-13(19)6-5-7-14(15)20)21-16-17(2,3)12-8-9-18(16,4)10-12/h5-7,11-12,16,21H,8-10H2,1-4H3. The Labute approximate surface area is 126 Å². The third kappa shape index (κ3) is 2.21. The van der Waals surface area contributed by atoms with Crippen LogP contribution in [0.25, 0.3) is 0 Å². The molecule has 21 heavy (non-hydrogen) atoms. The van der Waals surface area contributed by atoms with Crippen molar-refractivity contribution in [2.45, 2.75) is 59.0 Å². The first kappa shape index (κ1) is 15.0. The van der Waals surface area contributed by atoms with Crippen molar-refractivity contribution < 1.29 is 8.78 Å². The van der Waals surface area contributed by atoms with E-state index in [9.17, 15) is 8.78 Å². The van der Waals surface area contributed by atoms with Gasteiger partial charge in [0.2, 0.25) is 0 Å². The average molecular weight is 293 g/mol. The largest absolute Gasteiger partial charge is 0.306 e. The number of nitrogens with one attached hydrogen (secondary N) is 1. The summed E-state index contributed by atoms with van der Waals surface area (Å²) >= 11 is 0. The zero-order chi connectivity index (χ0) is 15.4. The first-order valence-corrected chi connectivity index (χ1v) is 7.95. The molecule has 0 heterocycles. The molecule has 3 rings (SSSR count). The maximum Gasteiger partial charge on any atom is 0.130 e. The molecule has 1 aromatic rings. The summed E-state index contributed by atoms with van der Waals surface area (Å²) in [7, 11) is 0. The molecule has 0 saturated heterocycles. The molecule has 2 aliphatic rings. The summed E-state index contributed by atoms with van der Waals surface area (Å²) < 4.78 is 27.9. The molecule has 0 aromatic heterocycles. The minimum atomic E-state index is -0.457. The topological polar surface area (TPSA) is 12.0 Å². The number of fused-ring (bicyclic) bond motifs is 2. The van der Waals surface area contributed by atoms with Crippen LogP contribution in [-0.4, -0.2) is 6.04 Å². The van der Waals surface area contributed by atoms with Crippen molar-refractivity contribution in [1.82, 2.24) is 5.32 Å². The summed E-state index contributed by atoms with van der Waals surface area (Å²) in [5, 5.41) is 3.56. The number of hydrogen-bond acceptors (Lipinski definition) is 1. The molecule has 3 heteroatoms. The van der Waals surface area contributed by atoms with Gasteiger partial charge in [-0.3, -0.25) is 0 Å². The van der Waals surface area contributed by atoms with Gasteiger partial charge in [-0.2, -0.15) is 0 Å². The van der Waals surface area contributed by atoms with E-state index in [1.54, 1.807) is 0 Å². The van der Waals surface area contributed by atoms with Crippen LogP contribution in [0, 0.1) is 28.4 Å². The fourth-order valence-corrected chi connectivity index (χ4v) is 4.98. The lowest BCUT2D eigenvalue weighted by molar-refractivity contribution is 0.0993. The molecule has 2 aliphatic carbocycles. The lowest BCUT2D eigenvalue weighted by Gasteiger charge is -2.44. The number of rotatable bonds is 3. The van der Waals surface area contributed by atoms with Gasteiger partial charge in [0.15, 0.2) is 0 Å². The van der Waals surface area contributed by atoms with Crippen molar-refractivity contribution >= 4 is 0 Å². The lowest BCUT2D eigenvalue weighted by Crippen LogP contribution is -2.51. The van der Waals surface area contributed by atoms with Gasteiger partial charge in [-0.25, -0.2) is 8.78 Å². The van der Waals surface area contributed by atoms with Crippen molar-refractivity contribution in [1.29, 1.82) is 0 Å². The van der Waals surface area contributed by atoms with E-state index in [1.807, 2.05) is 6.92 Å². The van der Waals surface area contributed by atoms with Crippen molar-refractivity contribution in [2.75, 3.05) is 0 Å². The van der Waals surface area contributed by atoms with E-state index in [0.717, 1.165) is 5.92 Å². The maximum atomic E-state index is 14.0. The minimum absolute atomic E-state index is 0.166. The Morgan fingerprint density at radius 2 is 1.81 bits per heavy atom. The van der Waals surface area contributed by atoms with Crippen LogP contribution in [0.15, 0.2) is 18.2 Å². The minimum Gasteiger partial charge on any atom is -0.306 e. The predicted molar refractivity (Wildman–Crippen MR) is 80.9 cm³/mol. The quantitative estimate of drug-likeness (QED) is 0.841. The van der Waals surface area contributed by atoms with Crippen molar-refractivity contribution in [2.24, 2.45) is 16.7 Å². The van der Waals surface area contributed by atoms with Crippen LogP contribution in [0.4, 0.5) is 8.78 Å². The molecular formula is C18H25F2N. The maximum absolute atomic E-state index is 14.0. The zero-order valence-corrected chi connectivity index (χ0v) is 13.3. The highest BCUT2D eigenvalue weighted by molar-refractivity contribution is 5.24. The molecule has 116 valence electrons. The van der Waals surface area contributed by atoms with Crippen LogP contribution in [0.2, 0.25) is 0 Å². The van der Waals surface area contributed by atoms with Gasteiger partial charge in [0.1, 0.15) is 11.6 Å². The molecular weight excluding hydrogens is 268 g/mol. The Morgan fingerprint density at radius 1 is 1.19 bits per heavy atom. The van der Waals surface area contributed by atoms with Gasteiger partial charge in [0.25, 0.3) is 0 Å². The van der Waals surface area contributed by atoms with Crippen LogP contribution in [0.5, 0.6) is 0 Å². The second-order valence-corrected chi connectivity index (χ2v) is 7.87. The molecule has 0 radical (unpaired) electrons. The SMILES string of the molecule is CC(NC1C2(C)CCC(C2)C1(C)C)c1c(F)cccc1F. The lowest BCUT2D eigenvalue weighted by atomic mass is 9.68. The number of hydrogen-bond donors (Lipinski definition) is 1. The molecule has 1 nitrogen and oxygen atoms in total. The molecule has 0 spiro atoms. The summed E-state index contributed by atoms with van der Waals surface area (Å²) in [4.78, 5) is 0. The summed E-state index contributed by atoms with van der Waals surface area (Å²) in [6, 6.07) is 4.09. The molecule has 2 bridgehead atoms. The van der Waals surface area contributed by atoms with Crippen LogP contribution < -0.4 is 5.32 Å². The van der Waals surface area contributed by atoms with Crippen LogP contribution >= 0.6 is 0 Å². The first-order chi connectivity index (χ1) is 9.75. The fourth-order valence-electron chi connectivity index (χ4n) is 4.98. The van der Waals surface area contributed by atoms with E-state index in [0.29, 0.717) is 6.04 Å². The number of benzene rings is 1. The highest BCUT2D eigenvalue weighted by atomic mass is 19.1. The molecule has 1 aromatic carbocycles. The Morgan fingerprint density at radius 3 is 2.33 bits per heavy atom. The van der Waals surface area contributed by atoms with Gasteiger partial charge in [-0.15, -0.1) is 0 Å². The smallest absolute Gasteiger partial charge is 0.130 e. The average Bonchev–Trinajstić information content (AvgIpc) is 2.86. The van der Waals surface area contributed by atoms with Gasteiger partial charge >= 0.3 is 0 Å². The van der Waals surface area contributed by atoms with Gasteiger partial charge in [-0.1, -0.05) is 26.8 Å². The predicted octanol–water partition coefficient (Wildman–Crippen LogP) is 4.83. The van der Waals surface area contributed by atoms with Crippen LogP contribution in [-0.2, 0) is 0 Å². The van der Waals surface area contributed by atoms with Crippen molar-refractivity contribution in [3.05, 3.63) is 35.4 Å². The summed E-state index contributed by atoms with van der Waals surface area (Å²) in [6.45, 7) is 8.78. The normalized spacial score (nSPS) is 35.1. The second kappa shape index (κ2) is 4.77. The van der Waals surface area contributed by atoms with Crippen LogP contribution in [0.1, 0.15) is 58.6 Å². The molecule has 0 amide bonds. The Bertz CT molecular complexity index is 529. The van der Waals surface area contributed by atoms with E-state index in [4.69, 9.17) is 0 Å². The second-order valence-electron chi connectivity index (χ2n) is 7.87. The summed E-state index contributed by atoms with van der Waals surface area (Å²) in [5.74, 6) is -0.195. The van der Waals surface area contributed by atoms with E-state index in [-0.39, 0.29) is 22.4 Å². The van der Waals surface area contributed by atoms with Gasteiger partial charge in [-0.05, 0) is 55.1 Å². The first-order valence-electron chi connectivity index (χ1n) is 7.95. The summed E-state index contributed by atoms with van der Waals surface area (Å²) in [6.07, 6.45) is 3.72. The fraction of sp³-hybridized carbons (Fsp3) is 0.667. The highest BCUT2D eigenvalue weighted by Gasteiger charge is 2.59. The van der Waals surface area contributed by atoms with Gasteiger partial charge in [0.05, 0.1) is 0 Å². The molecule has 2 saturated carbocycles. The molecule has 0 aliphatic heterocycles. The number of halogens is 2. The van der Waals surface area contributed by atoms with Crippen molar-refractivity contribution in [3.63, 3.8) is 0 Å². The van der Waals surface area contributed by atoms with Gasteiger partial charge in [0, 0.05) is 17.6 Å². The molecule has 1 N–H and O–H groups in total. The van der Waals surface area contributed by atoms with E-state index in [1.165, 1.54) is 37.5 Å². The Balaban J connectivity index is 1.87.